The molecule has 0 fully saturated rings. The number of carbonyl (C=O) groups is 1. The molecule has 3 rings (SSSR count). The van der Waals surface area contributed by atoms with Crippen molar-refractivity contribution in [1.29, 1.82) is 0 Å². The van der Waals surface area contributed by atoms with Crippen LogP contribution in [0.25, 0.3) is 5.69 Å². The van der Waals surface area contributed by atoms with Crippen LogP contribution >= 0.6 is 23.4 Å². The quantitative estimate of drug-likeness (QED) is 0.466. The molecule has 2 aromatic carbocycles. The molecule has 1 aromatic heterocycles. The van der Waals surface area contributed by atoms with Gasteiger partial charge in [0.05, 0.1) is 18.4 Å². The molecular formula is C23H28ClN5O2S. The van der Waals surface area contributed by atoms with Crippen molar-refractivity contribution in [2.45, 2.75) is 36.8 Å². The average Bonchev–Trinajstić information content (AvgIpc) is 3.20. The van der Waals surface area contributed by atoms with Crippen LogP contribution in [-0.4, -0.2) is 52.0 Å². The predicted octanol–water partition coefficient (Wildman–Crippen LogP) is 4.35. The van der Waals surface area contributed by atoms with Gasteiger partial charge in [0.25, 0.3) is 0 Å². The van der Waals surface area contributed by atoms with Crippen molar-refractivity contribution in [3.63, 3.8) is 0 Å². The molecule has 0 saturated heterocycles. The van der Waals surface area contributed by atoms with Gasteiger partial charge in [-0.25, -0.2) is 0 Å². The lowest BCUT2D eigenvalue weighted by Gasteiger charge is -2.21. The first kappa shape index (κ1) is 24.1. The summed E-state index contributed by atoms with van der Waals surface area (Å²) in [5.74, 6) is 1.45. The minimum Gasteiger partial charge on any atom is -0.496 e. The number of hydrogen-bond donors (Lipinski definition) is 1. The van der Waals surface area contributed by atoms with Crippen molar-refractivity contribution in [2.24, 2.45) is 0 Å². The van der Waals surface area contributed by atoms with Crippen molar-refractivity contribution in [2.75, 3.05) is 21.2 Å². The molecule has 0 bridgehead atoms. The number of amides is 1. The minimum atomic E-state index is -0.373. The number of benzene rings is 2. The highest BCUT2D eigenvalue weighted by Gasteiger charge is 2.24. The Morgan fingerprint density at radius 1 is 1.16 bits per heavy atom. The van der Waals surface area contributed by atoms with Crippen LogP contribution in [0.5, 0.6) is 5.75 Å². The van der Waals surface area contributed by atoms with Crippen molar-refractivity contribution in [1.82, 2.24) is 25.0 Å². The van der Waals surface area contributed by atoms with Gasteiger partial charge in [-0.05, 0) is 58.3 Å². The molecule has 0 aliphatic carbocycles. The molecule has 0 radical (unpaired) electrons. The number of nitrogens with one attached hydrogen (secondary N) is 1. The summed E-state index contributed by atoms with van der Waals surface area (Å²) < 4.78 is 7.34. The van der Waals surface area contributed by atoms with E-state index in [0.29, 0.717) is 16.7 Å². The summed E-state index contributed by atoms with van der Waals surface area (Å²) in [5.41, 5.74) is 1.82. The Labute approximate surface area is 198 Å². The smallest absolute Gasteiger partial charge is 0.233 e. The maximum absolute atomic E-state index is 12.8. The summed E-state index contributed by atoms with van der Waals surface area (Å²) in [6.07, 6.45) is 0. The topological polar surface area (TPSA) is 72.3 Å². The monoisotopic (exact) mass is 473 g/mol. The van der Waals surface area contributed by atoms with E-state index in [1.54, 1.807) is 7.11 Å². The molecule has 1 amide bonds. The summed E-state index contributed by atoms with van der Waals surface area (Å²) in [5, 5.41) is 12.8. The maximum atomic E-state index is 12.8. The predicted molar refractivity (Wildman–Crippen MR) is 129 cm³/mol. The van der Waals surface area contributed by atoms with Gasteiger partial charge in [0.2, 0.25) is 5.91 Å². The van der Waals surface area contributed by atoms with E-state index in [2.05, 4.69) is 27.3 Å². The van der Waals surface area contributed by atoms with Crippen LogP contribution in [-0.2, 0) is 11.3 Å². The third-order valence-electron chi connectivity index (χ3n) is 5.19. The number of rotatable bonds is 9. The third-order valence-corrected chi connectivity index (χ3v) is 6.48. The van der Waals surface area contributed by atoms with Crippen LogP contribution in [0.3, 0.4) is 0 Å². The number of aromatic nitrogens is 3. The first-order valence-corrected chi connectivity index (χ1v) is 11.5. The number of para-hydroxylation sites is 1. The molecule has 2 atom stereocenters. The SMILES string of the molecule is COc1ccccc1CNC(=O)C(C)Sc1nnc(C(C)N(C)C)n1-c1ccc(Cl)cc1. The van der Waals surface area contributed by atoms with Crippen LogP contribution in [0.2, 0.25) is 5.02 Å². The van der Waals surface area contributed by atoms with Crippen LogP contribution in [0.1, 0.15) is 31.3 Å². The van der Waals surface area contributed by atoms with Crippen molar-refractivity contribution in [3.8, 4) is 11.4 Å². The van der Waals surface area contributed by atoms with E-state index in [-0.39, 0.29) is 17.2 Å². The standard InChI is InChI=1S/C23H28ClN5O2S/c1-15(28(3)4)21-26-27-23(29(21)19-12-10-18(24)11-13-19)32-16(2)22(30)25-14-17-8-6-7-9-20(17)31-5/h6-13,15-16H,14H2,1-5H3,(H,25,30). The Bertz CT molecular complexity index is 1050. The van der Waals surface area contributed by atoms with E-state index in [1.165, 1.54) is 11.8 Å². The Hall–Kier alpha value is -2.55. The Kier molecular flexibility index (Phi) is 8.17. The Morgan fingerprint density at radius 2 is 1.84 bits per heavy atom. The molecule has 0 spiro atoms. The van der Waals surface area contributed by atoms with Crippen LogP contribution < -0.4 is 10.1 Å². The number of nitrogens with zero attached hydrogens (tertiary/aromatic N) is 4. The lowest BCUT2D eigenvalue weighted by atomic mass is 10.2. The molecule has 1 heterocycles. The van der Waals surface area contributed by atoms with Crippen LogP contribution in [0.4, 0.5) is 0 Å². The lowest BCUT2D eigenvalue weighted by Crippen LogP contribution is -2.30. The van der Waals surface area contributed by atoms with Crippen LogP contribution in [0.15, 0.2) is 53.7 Å². The zero-order valence-corrected chi connectivity index (χ0v) is 20.4. The molecule has 32 heavy (non-hydrogen) atoms. The first-order chi connectivity index (χ1) is 15.3. The van der Waals surface area contributed by atoms with E-state index in [0.717, 1.165) is 22.8 Å². The first-order valence-electron chi connectivity index (χ1n) is 10.3. The lowest BCUT2D eigenvalue weighted by molar-refractivity contribution is -0.120. The van der Waals surface area contributed by atoms with Gasteiger partial charge in [0, 0.05) is 22.8 Å². The summed E-state index contributed by atoms with van der Waals surface area (Å²) in [7, 11) is 5.60. The van der Waals surface area contributed by atoms with Gasteiger partial charge < -0.3 is 10.1 Å². The normalized spacial score (nSPS) is 13.1. The fourth-order valence-corrected chi connectivity index (χ4v) is 4.10. The molecule has 170 valence electrons. The van der Waals surface area contributed by atoms with Gasteiger partial charge in [-0.3, -0.25) is 14.3 Å². The van der Waals surface area contributed by atoms with E-state index < -0.39 is 0 Å². The Morgan fingerprint density at radius 3 is 2.50 bits per heavy atom. The van der Waals surface area contributed by atoms with E-state index in [9.17, 15) is 4.79 Å². The molecule has 1 N–H and O–H groups in total. The zero-order valence-electron chi connectivity index (χ0n) is 18.9. The van der Waals surface area contributed by atoms with Gasteiger partial charge in [-0.1, -0.05) is 41.6 Å². The van der Waals surface area contributed by atoms with Gasteiger partial charge in [0.15, 0.2) is 11.0 Å². The number of carbonyl (C=O) groups excluding carboxylic acids is 1. The van der Waals surface area contributed by atoms with Crippen molar-refractivity contribution in [3.05, 3.63) is 64.9 Å². The fourth-order valence-electron chi connectivity index (χ4n) is 3.08. The summed E-state index contributed by atoms with van der Waals surface area (Å²) >= 11 is 7.45. The van der Waals surface area contributed by atoms with E-state index in [4.69, 9.17) is 16.3 Å². The molecule has 2 unspecified atom stereocenters. The van der Waals surface area contributed by atoms with E-state index in [1.807, 2.05) is 74.1 Å². The van der Waals surface area contributed by atoms with Crippen molar-refractivity contribution < 1.29 is 9.53 Å². The zero-order chi connectivity index (χ0) is 23.3. The number of hydrogen-bond acceptors (Lipinski definition) is 6. The van der Waals surface area contributed by atoms with Gasteiger partial charge in [-0.2, -0.15) is 0 Å². The molecule has 0 aliphatic rings. The number of ether oxygens (including phenoxy) is 1. The highest BCUT2D eigenvalue weighted by atomic mass is 35.5. The second-order valence-electron chi connectivity index (χ2n) is 7.58. The third kappa shape index (κ3) is 5.62. The van der Waals surface area contributed by atoms with Crippen LogP contribution in [0, 0.1) is 0 Å². The second-order valence-corrected chi connectivity index (χ2v) is 9.33. The summed E-state index contributed by atoms with van der Waals surface area (Å²) in [6, 6.07) is 15.2. The van der Waals surface area contributed by atoms with Gasteiger partial charge in [-0.15, -0.1) is 10.2 Å². The molecule has 3 aromatic rings. The number of thioether (sulfide) groups is 1. The molecular weight excluding hydrogens is 446 g/mol. The summed E-state index contributed by atoms with van der Waals surface area (Å²) in [4.78, 5) is 14.9. The summed E-state index contributed by atoms with van der Waals surface area (Å²) in [6.45, 7) is 4.31. The minimum absolute atomic E-state index is 0.0298. The molecule has 9 heteroatoms. The number of methoxy groups -OCH3 is 1. The van der Waals surface area contributed by atoms with Gasteiger partial charge >= 0.3 is 0 Å². The maximum Gasteiger partial charge on any atom is 0.233 e. The van der Waals surface area contributed by atoms with Crippen molar-refractivity contribution >= 4 is 29.3 Å². The second kappa shape index (κ2) is 10.8. The highest BCUT2D eigenvalue weighted by Crippen LogP contribution is 2.30. The van der Waals surface area contributed by atoms with E-state index >= 15 is 0 Å². The highest BCUT2D eigenvalue weighted by molar-refractivity contribution is 8.00. The average molecular weight is 474 g/mol. The number of halogens is 1. The molecule has 0 aliphatic heterocycles. The molecule has 0 saturated carbocycles. The molecule has 7 nitrogen and oxygen atoms in total. The largest absolute Gasteiger partial charge is 0.496 e. The fraction of sp³-hybridized carbons (Fsp3) is 0.348. The van der Waals surface area contributed by atoms with Gasteiger partial charge in [0.1, 0.15) is 5.75 Å². The Balaban J connectivity index is 1.79.